The number of aromatic amines is 1. The lowest BCUT2D eigenvalue weighted by atomic mass is 9.99. The molecule has 1 fully saturated rings. The Kier molecular flexibility index (Phi) is 5.58. The summed E-state index contributed by atoms with van der Waals surface area (Å²) in [4.78, 5) is 18.0. The van der Waals surface area contributed by atoms with E-state index in [0.29, 0.717) is 31.8 Å². The van der Waals surface area contributed by atoms with Crippen LogP contribution in [-0.4, -0.2) is 59.8 Å². The standard InChI is InChI=1S/C13H24N6O3S/c1-3-4-9-7-19(8-10(9)18-23(2,21)22)12(20)6-5-11-15-13(14)17-16-11/h9-10,18H,3-8H2,1-2H3,(H3,14,15,16,17)/t9-,10-/m1/s1. The number of nitrogens with one attached hydrogen (secondary N) is 2. The number of H-pyrrole nitrogens is 1. The highest BCUT2D eigenvalue weighted by molar-refractivity contribution is 7.88. The molecule has 9 nitrogen and oxygen atoms in total. The Morgan fingerprint density at radius 1 is 1.48 bits per heavy atom. The first-order chi connectivity index (χ1) is 10.8. The summed E-state index contributed by atoms with van der Waals surface area (Å²) >= 11 is 0. The number of hydrogen-bond donors (Lipinski definition) is 3. The number of aryl methyl sites for hydroxylation is 1. The van der Waals surface area contributed by atoms with E-state index in [1.54, 1.807) is 4.90 Å². The Morgan fingerprint density at radius 3 is 2.78 bits per heavy atom. The number of carbonyl (C=O) groups is 1. The summed E-state index contributed by atoms with van der Waals surface area (Å²) in [6.07, 6.45) is 3.71. The second kappa shape index (κ2) is 7.26. The van der Waals surface area contributed by atoms with Gasteiger partial charge in [0.05, 0.1) is 6.26 Å². The van der Waals surface area contributed by atoms with Gasteiger partial charge in [-0.15, -0.1) is 5.10 Å². The lowest BCUT2D eigenvalue weighted by Crippen LogP contribution is -2.40. The summed E-state index contributed by atoms with van der Waals surface area (Å²) in [5.74, 6) is 0.874. The zero-order valence-electron chi connectivity index (χ0n) is 13.4. The molecule has 0 aromatic carbocycles. The van der Waals surface area contributed by atoms with Gasteiger partial charge in [-0.05, 0) is 12.3 Å². The number of likely N-dealkylation sites (tertiary alicyclic amines) is 1. The molecule has 10 heteroatoms. The smallest absolute Gasteiger partial charge is 0.239 e. The number of aromatic nitrogens is 3. The second-order valence-corrected chi connectivity index (χ2v) is 7.76. The third-order valence-electron chi connectivity index (χ3n) is 3.94. The molecule has 0 bridgehead atoms. The fourth-order valence-electron chi connectivity index (χ4n) is 2.95. The highest BCUT2D eigenvalue weighted by atomic mass is 32.2. The van der Waals surface area contributed by atoms with Crippen LogP contribution in [0.1, 0.15) is 32.0 Å². The van der Waals surface area contributed by atoms with Crippen molar-refractivity contribution in [3.63, 3.8) is 0 Å². The van der Waals surface area contributed by atoms with Gasteiger partial charge >= 0.3 is 0 Å². The number of hydrogen-bond acceptors (Lipinski definition) is 6. The van der Waals surface area contributed by atoms with E-state index in [2.05, 4.69) is 26.8 Å². The van der Waals surface area contributed by atoms with Crippen LogP contribution in [0.15, 0.2) is 0 Å². The van der Waals surface area contributed by atoms with E-state index in [1.807, 2.05) is 0 Å². The maximum absolute atomic E-state index is 12.3. The summed E-state index contributed by atoms with van der Waals surface area (Å²) < 4.78 is 25.6. The molecule has 1 aliphatic heterocycles. The predicted octanol–water partition coefficient (Wildman–Crippen LogP) is -0.504. The Balaban J connectivity index is 1.92. The summed E-state index contributed by atoms with van der Waals surface area (Å²) in [6, 6.07) is -0.213. The normalized spacial score (nSPS) is 21.7. The monoisotopic (exact) mass is 344 g/mol. The summed E-state index contributed by atoms with van der Waals surface area (Å²) in [6.45, 7) is 3.05. The van der Waals surface area contributed by atoms with Crippen LogP contribution in [0.3, 0.4) is 0 Å². The van der Waals surface area contributed by atoms with E-state index in [-0.39, 0.29) is 23.8 Å². The topological polar surface area (TPSA) is 134 Å². The molecule has 1 saturated heterocycles. The van der Waals surface area contributed by atoms with E-state index >= 15 is 0 Å². The van der Waals surface area contributed by atoms with Gasteiger partial charge in [-0.25, -0.2) is 13.1 Å². The molecule has 0 radical (unpaired) electrons. The molecule has 1 aromatic heterocycles. The molecule has 1 aromatic rings. The van der Waals surface area contributed by atoms with Crippen molar-refractivity contribution < 1.29 is 13.2 Å². The fraction of sp³-hybridized carbons (Fsp3) is 0.769. The fourth-order valence-corrected chi connectivity index (χ4v) is 3.77. The number of sulfonamides is 1. The van der Waals surface area contributed by atoms with Gasteiger partial charge in [0.2, 0.25) is 21.9 Å². The van der Waals surface area contributed by atoms with Gasteiger partial charge < -0.3 is 10.6 Å². The number of nitrogen functional groups attached to an aromatic ring is 1. The molecule has 0 spiro atoms. The number of nitrogens with zero attached hydrogens (tertiary/aromatic N) is 3. The van der Waals surface area contributed by atoms with E-state index < -0.39 is 10.0 Å². The van der Waals surface area contributed by atoms with Gasteiger partial charge in [0.15, 0.2) is 0 Å². The molecule has 4 N–H and O–H groups in total. The van der Waals surface area contributed by atoms with Crippen molar-refractivity contribution in [3.8, 4) is 0 Å². The summed E-state index contributed by atoms with van der Waals surface area (Å²) in [7, 11) is -3.29. The Labute approximate surface area is 136 Å². The van der Waals surface area contributed by atoms with E-state index in [9.17, 15) is 13.2 Å². The average Bonchev–Trinajstić information content (AvgIpc) is 3.02. The largest absolute Gasteiger partial charge is 0.367 e. The number of anilines is 1. The molecule has 0 aliphatic carbocycles. The number of carbonyl (C=O) groups excluding carboxylic acids is 1. The van der Waals surface area contributed by atoms with Crippen molar-refractivity contribution in [3.05, 3.63) is 5.82 Å². The maximum Gasteiger partial charge on any atom is 0.239 e. The SMILES string of the molecule is CCC[C@@H]1CN(C(=O)CCc2nc(N)n[nH]2)C[C@H]1NS(C)(=O)=O. The van der Waals surface area contributed by atoms with Crippen LogP contribution in [0.25, 0.3) is 0 Å². The van der Waals surface area contributed by atoms with Crippen LogP contribution < -0.4 is 10.5 Å². The zero-order valence-corrected chi connectivity index (χ0v) is 14.3. The minimum atomic E-state index is -3.29. The van der Waals surface area contributed by atoms with Gasteiger partial charge in [0.25, 0.3) is 0 Å². The average molecular weight is 344 g/mol. The summed E-state index contributed by atoms with van der Waals surface area (Å²) in [5, 5.41) is 6.39. The third kappa shape index (κ3) is 5.17. The highest BCUT2D eigenvalue weighted by Gasteiger charge is 2.35. The highest BCUT2D eigenvalue weighted by Crippen LogP contribution is 2.23. The Hall–Kier alpha value is -1.68. The van der Waals surface area contributed by atoms with Crippen LogP contribution in [0, 0.1) is 5.92 Å². The van der Waals surface area contributed by atoms with E-state index in [0.717, 1.165) is 19.1 Å². The molecule has 1 amide bonds. The lowest BCUT2D eigenvalue weighted by molar-refractivity contribution is -0.130. The van der Waals surface area contributed by atoms with Crippen LogP contribution in [0.4, 0.5) is 5.95 Å². The molecule has 2 heterocycles. The maximum atomic E-state index is 12.3. The van der Waals surface area contributed by atoms with Gasteiger partial charge in [0.1, 0.15) is 5.82 Å². The number of nitrogens with two attached hydrogens (primary N) is 1. The van der Waals surface area contributed by atoms with Gasteiger partial charge in [-0.3, -0.25) is 9.89 Å². The second-order valence-electron chi connectivity index (χ2n) is 5.98. The first kappa shape index (κ1) is 17.7. The number of amides is 1. The molecule has 2 rings (SSSR count). The minimum Gasteiger partial charge on any atom is -0.367 e. The first-order valence-electron chi connectivity index (χ1n) is 7.70. The molecule has 1 aliphatic rings. The van der Waals surface area contributed by atoms with Crippen LogP contribution in [-0.2, 0) is 21.2 Å². The predicted molar refractivity (Wildman–Crippen MR) is 85.9 cm³/mol. The molecule has 2 atom stereocenters. The lowest BCUT2D eigenvalue weighted by Gasteiger charge is -2.17. The molecular formula is C13H24N6O3S. The van der Waals surface area contributed by atoms with Crippen molar-refractivity contribution in [1.29, 1.82) is 0 Å². The van der Waals surface area contributed by atoms with Gasteiger partial charge in [-0.2, -0.15) is 4.98 Å². The molecular weight excluding hydrogens is 320 g/mol. The van der Waals surface area contributed by atoms with Crippen molar-refractivity contribution in [1.82, 2.24) is 24.8 Å². The zero-order chi connectivity index (χ0) is 17.0. The number of rotatable bonds is 7. The molecule has 0 saturated carbocycles. The minimum absolute atomic E-state index is 0.0149. The molecule has 23 heavy (non-hydrogen) atoms. The quantitative estimate of drug-likeness (QED) is 0.610. The third-order valence-corrected chi connectivity index (χ3v) is 4.67. The van der Waals surface area contributed by atoms with Crippen LogP contribution in [0.5, 0.6) is 0 Å². The Morgan fingerprint density at radius 2 is 2.22 bits per heavy atom. The molecule has 130 valence electrons. The van der Waals surface area contributed by atoms with E-state index in [1.165, 1.54) is 0 Å². The van der Waals surface area contributed by atoms with Crippen molar-refractivity contribution in [2.75, 3.05) is 25.1 Å². The van der Waals surface area contributed by atoms with Crippen LogP contribution in [0.2, 0.25) is 0 Å². The van der Waals surface area contributed by atoms with Crippen LogP contribution >= 0.6 is 0 Å². The first-order valence-corrected chi connectivity index (χ1v) is 9.59. The van der Waals surface area contributed by atoms with Gasteiger partial charge in [-0.1, -0.05) is 13.3 Å². The van der Waals surface area contributed by atoms with Crippen molar-refractivity contribution >= 4 is 21.9 Å². The van der Waals surface area contributed by atoms with Crippen molar-refractivity contribution in [2.24, 2.45) is 5.92 Å². The van der Waals surface area contributed by atoms with Gasteiger partial charge in [0, 0.05) is 32.0 Å². The Bertz CT molecular complexity index is 644. The molecule has 0 unspecified atom stereocenters. The van der Waals surface area contributed by atoms with E-state index in [4.69, 9.17) is 5.73 Å². The van der Waals surface area contributed by atoms with Crippen molar-refractivity contribution in [2.45, 2.75) is 38.6 Å². The summed E-state index contributed by atoms with van der Waals surface area (Å²) in [5.41, 5.74) is 5.42.